The van der Waals surface area contributed by atoms with Gasteiger partial charge in [-0.25, -0.2) is 4.39 Å². The molecule has 0 aromatic heterocycles. The Morgan fingerprint density at radius 3 is 2.48 bits per heavy atom. The van der Waals surface area contributed by atoms with E-state index in [0.29, 0.717) is 11.5 Å². The summed E-state index contributed by atoms with van der Waals surface area (Å²) < 4.78 is 24.0. The van der Waals surface area contributed by atoms with Crippen molar-refractivity contribution in [3.05, 3.63) is 89.2 Å². The summed E-state index contributed by atoms with van der Waals surface area (Å²) >= 11 is 0. The van der Waals surface area contributed by atoms with Crippen LogP contribution in [-0.4, -0.2) is 23.1 Å². The molecule has 0 aliphatic rings. The first-order valence-corrected chi connectivity index (χ1v) is 8.76. The van der Waals surface area contributed by atoms with Crippen molar-refractivity contribution in [1.82, 2.24) is 0 Å². The van der Waals surface area contributed by atoms with Crippen LogP contribution in [-0.2, 0) is 6.61 Å². The maximum atomic E-state index is 13.0. The van der Waals surface area contributed by atoms with Crippen LogP contribution in [0.2, 0.25) is 0 Å². The zero-order valence-electron chi connectivity index (χ0n) is 15.6. The maximum absolute atomic E-state index is 13.0. The molecule has 0 heterocycles. The summed E-state index contributed by atoms with van der Waals surface area (Å²) in [5.74, 6) is -0.0141. The molecule has 0 saturated carbocycles. The van der Waals surface area contributed by atoms with Crippen LogP contribution in [0.1, 0.15) is 21.5 Å². The van der Waals surface area contributed by atoms with Gasteiger partial charge in [-0.3, -0.25) is 4.79 Å². The van der Waals surface area contributed by atoms with Gasteiger partial charge in [0.25, 0.3) is 0 Å². The average Bonchev–Trinajstić information content (AvgIpc) is 2.71. The van der Waals surface area contributed by atoms with E-state index in [4.69, 9.17) is 9.47 Å². The molecular weight excluding hydrogens is 375 g/mol. The molecule has 0 radical (unpaired) electrons. The zero-order chi connectivity index (χ0) is 20.8. The number of carbonyl (C=O) groups is 1. The summed E-state index contributed by atoms with van der Waals surface area (Å²) in [6.45, 7) is 0.198. The number of rotatable bonds is 7. The van der Waals surface area contributed by atoms with Gasteiger partial charge in [0, 0.05) is 11.6 Å². The molecule has 0 amide bonds. The zero-order valence-corrected chi connectivity index (χ0v) is 15.6. The molecule has 0 aliphatic heterocycles. The van der Waals surface area contributed by atoms with E-state index in [9.17, 15) is 19.4 Å². The predicted molar refractivity (Wildman–Crippen MR) is 107 cm³/mol. The molecule has 0 aliphatic carbocycles. The minimum atomic E-state index is -0.401. The average molecular weight is 394 g/mol. The molecule has 0 unspecified atom stereocenters. The highest BCUT2D eigenvalue weighted by atomic mass is 19.1. The molecule has 0 spiro atoms. The van der Waals surface area contributed by atoms with E-state index in [1.165, 1.54) is 42.5 Å². The Kier molecular flexibility index (Phi) is 6.14. The number of phenols is 2. The summed E-state index contributed by atoms with van der Waals surface area (Å²) in [5, 5.41) is 19.1. The molecule has 6 heteroatoms. The second kappa shape index (κ2) is 8.93. The third kappa shape index (κ3) is 5.13. The molecule has 3 aromatic rings. The van der Waals surface area contributed by atoms with E-state index in [0.717, 1.165) is 17.2 Å². The van der Waals surface area contributed by atoms with Gasteiger partial charge in [0.1, 0.15) is 35.4 Å². The fourth-order valence-electron chi connectivity index (χ4n) is 2.70. The Bertz CT molecular complexity index is 1040. The monoisotopic (exact) mass is 394 g/mol. The van der Waals surface area contributed by atoms with E-state index < -0.39 is 5.78 Å². The fraction of sp³-hybridized carbons (Fsp3) is 0.0870. The van der Waals surface area contributed by atoms with Crippen molar-refractivity contribution in [2.75, 3.05) is 7.11 Å². The topological polar surface area (TPSA) is 76.0 Å². The number of hydrogen-bond donors (Lipinski definition) is 2. The van der Waals surface area contributed by atoms with Crippen molar-refractivity contribution in [2.45, 2.75) is 6.61 Å². The molecule has 0 bridgehead atoms. The van der Waals surface area contributed by atoms with Crippen molar-refractivity contribution in [3.63, 3.8) is 0 Å². The summed E-state index contributed by atoms with van der Waals surface area (Å²) in [7, 11) is 1.55. The number of carbonyl (C=O) groups excluding carboxylic acids is 1. The summed E-state index contributed by atoms with van der Waals surface area (Å²) in [4.78, 5) is 12.3. The molecule has 0 atom stereocenters. The largest absolute Gasteiger partial charge is 0.508 e. The van der Waals surface area contributed by atoms with Gasteiger partial charge < -0.3 is 19.7 Å². The van der Waals surface area contributed by atoms with Crippen molar-refractivity contribution < 1.29 is 28.9 Å². The number of halogens is 1. The van der Waals surface area contributed by atoms with Crippen molar-refractivity contribution >= 4 is 11.9 Å². The van der Waals surface area contributed by atoms with Gasteiger partial charge in [-0.2, -0.15) is 0 Å². The normalized spacial score (nSPS) is 10.8. The molecule has 29 heavy (non-hydrogen) atoms. The Hall–Kier alpha value is -3.80. The number of methoxy groups -OCH3 is 1. The standard InChI is InChI=1S/C23H19FO5/c1-28-23-11-3-15(2-10-21(26)20-9-6-18(25)13-22(20)27)12-16(23)14-29-19-7-4-17(24)5-8-19/h2-13,25,27H,14H2,1H3/b10-2+. The summed E-state index contributed by atoms with van der Waals surface area (Å²) in [6, 6.07) is 14.8. The van der Waals surface area contributed by atoms with Crippen LogP contribution in [0.5, 0.6) is 23.0 Å². The number of ketones is 1. The van der Waals surface area contributed by atoms with Gasteiger partial charge in [-0.05, 0) is 60.2 Å². The first-order chi connectivity index (χ1) is 14.0. The van der Waals surface area contributed by atoms with Crippen LogP contribution in [0.25, 0.3) is 6.08 Å². The SMILES string of the molecule is COc1ccc(/C=C/C(=O)c2ccc(O)cc2O)cc1COc1ccc(F)cc1. The van der Waals surface area contributed by atoms with Crippen LogP contribution < -0.4 is 9.47 Å². The van der Waals surface area contributed by atoms with Crippen LogP contribution in [0.15, 0.2) is 66.7 Å². The molecule has 148 valence electrons. The van der Waals surface area contributed by atoms with E-state index in [1.54, 1.807) is 25.3 Å². The van der Waals surface area contributed by atoms with Gasteiger partial charge in [-0.1, -0.05) is 12.1 Å². The third-order valence-corrected chi connectivity index (χ3v) is 4.19. The van der Waals surface area contributed by atoms with Gasteiger partial charge in [0.15, 0.2) is 5.78 Å². The van der Waals surface area contributed by atoms with Crippen LogP contribution in [0.4, 0.5) is 4.39 Å². The van der Waals surface area contributed by atoms with Crippen LogP contribution >= 0.6 is 0 Å². The van der Waals surface area contributed by atoms with Crippen molar-refractivity contribution in [2.24, 2.45) is 0 Å². The van der Waals surface area contributed by atoms with Crippen molar-refractivity contribution in [3.8, 4) is 23.0 Å². The van der Waals surface area contributed by atoms with Gasteiger partial charge in [-0.15, -0.1) is 0 Å². The molecule has 3 rings (SSSR count). The molecule has 5 nitrogen and oxygen atoms in total. The lowest BCUT2D eigenvalue weighted by atomic mass is 10.1. The van der Waals surface area contributed by atoms with Crippen LogP contribution in [0.3, 0.4) is 0 Å². The number of phenolic OH excluding ortho intramolecular Hbond substituents is 2. The van der Waals surface area contributed by atoms with Crippen molar-refractivity contribution in [1.29, 1.82) is 0 Å². The Labute approximate surface area is 167 Å². The van der Waals surface area contributed by atoms with Gasteiger partial charge >= 0.3 is 0 Å². The Morgan fingerprint density at radius 1 is 1.03 bits per heavy atom. The van der Waals surface area contributed by atoms with Gasteiger partial charge in [0.05, 0.1) is 12.7 Å². The maximum Gasteiger partial charge on any atom is 0.189 e. The van der Waals surface area contributed by atoms with Gasteiger partial charge in [0.2, 0.25) is 0 Å². The number of benzene rings is 3. The molecular formula is C23H19FO5. The Balaban J connectivity index is 1.75. The second-order valence-electron chi connectivity index (χ2n) is 6.21. The lowest BCUT2D eigenvalue weighted by molar-refractivity contribution is 0.104. The minimum absolute atomic E-state index is 0.0902. The van der Waals surface area contributed by atoms with E-state index in [2.05, 4.69) is 0 Å². The highest BCUT2D eigenvalue weighted by Crippen LogP contribution is 2.25. The number of ether oxygens (including phenoxy) is 2. The minimum Gasteiger partial charge on any atom is -0.508 e. The highest BCUT2D eigenvalue weighted by Gasteiger charge is 2.09. The summed E-state index contributed by atoms with van der Waals surface area (Å²) in [6.07, 6.45) is 2.94. The quantitative estimate of drug-likeness (QED) is 0.448. The third-order valence-electron chi connectivity index (χ3n) is 4.19. The molecule has 0 fully saturated rings. The predicted octanol–water partition coefficient (Wildman–Crippen LogP) is 4.72. The first-order valence-electron chi connectivity index (χ1n) is 8.76. The first kappa shape index (κ1) is 19.9. The molecule has 0 saturated heterocycles. The second-order valence-corrected chi connectivity index (χ2v) is 6.21. The van der Waals surface area contributed by atoms with Crippen LogP contribution in [0, 0.1) is 5.82 Å². The lowest BCUT2D eigenvalue weighted by Gasteiger charge is -2.11. The molecule has 3 aromatic carbocycles. The highest BCUT2D eigenvalue weighted by molar-refractivity contribution is 6.08. The Morgan fingerprint density at radius 2 is 1.79 bits per heavy atom. The smallest absolute Gasteiger partial charge is 0.189 e. The van der Waals surface area contributed by atoms with E-state index in [-0.39, 0.29) is 29.5 Å². The fourth-order valence-corrected chi connectivity index (χ4v) is 2.70. The number of aromatic hydroxyl groups is 2. The van der Waals surface area contributed by atoms with E-state index >= 15 is 0 Å². The lowest BCUT2D eigenvalue weighted by Crippen LogP contribution is -1.99. The number of hydrogen-bond acceptors (Lipinski definition) is 5. The summed E-state index contributed by atoms with van der Waals surface area (Å²) in [5.41, 5.74) is 1.57. The molecule has 2 N–H and O–H groups in total. The number of allylic oxidation sites excluding steroid dienone is 1. The van der Waals surface area contributed by atoms with E-state index in [1.807, 2.05) is 6.07 Å².